The molecule has 5 nitrogen and oxygen atoms in total. The van der Waals surface area contributed by atoms with Crippen molar-refractivity contribution in [1.29, 1.82) is 0 Å². The van der Waals surface area contributed by atoms with Crippen molar-refractivity contribution in [2.75, 3.05) is 24.5 Å². The molecule has 21 heavy (non-hydrogen) atoms. The fourth-order valence-corrected chi connectivity index (χ4v) is 4.15. The lowest BCUT2D eigenvalue weighted by atomic mass is 9.78. The van der Waals surface area contributed by atoms with E-state index in [1.165, 1.54) is 3.97 Å². The Morgan fingerprint density at radius 3 is 2.95 bits per heavy atom. The molecule has 0 unspecified atom stereocenters. The van der Waals surface area contributed by atoms with Gasteiger partial charge in [-0.15, -0.1) is 3.89 Å². The third-order valence-electron chi connectivity index (χ3n) is 4.36. The zero-order valence-corrected chi connectivity index (χ0v) is 13.4. The summed E-state index contributed by atoms with van der Waals surface area (Å²) in [6.07, 6.45) is 4.23. The number of hydrogen-bond acceptors (Lipinski definition) is 4. The number of nitrogens with one attached hydrogen (secondary N) is 1. The van der Waals surface area contributed by atoms with Crippen molar-refractivity contribution in [2.24, 2.45) is 5.41 Å². The van der Waals surface area contributed by atoms with E-state index in [9.17, 15) is 8.68 Å². The minimum Gasteiger partial charge on any atom is -0.368 e. The lowest BCUT2D eigenvalue weighted by molar-refractivity contribution is -0.128. The first-order chi connectivity index (χ1) is 10.1. The second-order valence-corrected chi connectivity index (χ2v) is 6.93. The van der Waals surface area contributed by atoms with Crippen LogP contribution < -0.4 is 10.2 Å². The van der Waals surface area contributed by atoms with E-state index < -0.39 is 0 Å². The van der Waals surface area contributed by atoms with Gasteiger partial charge in [0, 0.05) is 37.4 Å². The van der Waals surface area contributed by atoms with Crippen molar-refractivity contribution in [3.63, 3.8) is 0 Å². The first-order valence-corrected chi connectivity index (χ1v) is 8.09. The first kappa shape index (κ1) is 13.4. The van der Waals surface area contributed by atoms with Gasteiger partial charge in [-0.2, -0.15) is 0 Å². The maximum atomic E-state index is 12.9. The van der Waals surface area contributed by atoms with Gasteiger partial charge in [-0.1, -0.05) is 0 Å². The number of carbonyl (C=O) groups is 1. The molecule has 2 saturated heterocycles. The highest BCUT2D eigenvalue weighted by Crippen LogP contribution is 2.44. The van der Waals surface area contributed by atoms with Gasteiger partial charge in [0.05, 0.1) is 15.6 Å². The van der Waals surface area contributed by atoms with Crippen LogP contribution in [0.1, 0.15) is 6.42 Å². The highest BCUT2D eigenvalue weighted by atomic mass is 79.9. The summed E-state index contributed by atoms with van der Waals surface area (Å²) in [6.45, 7) is 2.16. The van der Waals surface area contributed by atoms with Gasteiger partial charge in [-0.05, 0) is 28.4 Å². The Labute approximate surface area is 133 Å². The summed E-state index contributed by atoms with van der Waals surface area (Å²) in [5, 5.41) is 3.79. The topological polar surface area (TPSA) is 50.2 Å². The molecule has 2 aliphatic heterocycles. The zero-order chi connectivity index (χ0) is 14.6. The van der Waals surface area contributed by atoms with Crippen LogP contribution >= 0.6 is 28.3 Å². The Morgan fingerprint density at radius 2 is 2.29 bits per heavy atom. The van der Waals surface area contributed by atoms with Gasteiger partial charge in [0.15, 0.2) is 18.0 Å². The third-order valence-corrected chi connectivity index (χ3v) is 5.38. The summed E-state index contributed by atoms with van der Waals surface area (Å²) in [5.74, 6) is 0.150. The maximum absolute atomic E-state index is 12.9. The lowest BCUT2D eigenvalue weighted by Gasteiger charge is -2.47. The van der Waals surface area contributed by atoms with Crippen LogP contribution in [0, 0.1) is 5.41 Å². The normalized spacial score (nSPS) is 20.1. The van der Waals surface area contributed by atoms with Crippen molar-refractivity contribution < 1.29 is 8.68 Å². The molecule has 1 spiro atoms. The Balaban J connectivity index is 1.73. The molecule has 2 aromatic heterocycles. The van der Waals surface area contributed by atoms with Gasteiger partial charge in [0.25, 0.3) is 0 Å². The maximum Gasteiger partial charge on any atom is 0.229 e. The van der Waals surface area contributed by atoms with Crippen LogP contribution in [0.3, 0.4) is 0 Å². The van der Waals surface area contributed by atoms with E-state index in [4.69, 9.17) is 0 Å². The average Bonchev–Trinajstić information content (AvgIpc) is 3.01. The Kier molecular flexibility index (Phi) is 2.94. The molecule has 1 amide bonds. The van der Waals surface area contributed by atoms with Gasteiger partial charge in [0.2, 0.25) is 5.91 Å². The molecule has 2 aromatic rings. The standard InChI is InChI=1S/C13H12BrFN4OS/c14-9-5-17-11-8(1-4-19(11)21-15)10(9)18-6-13(7-18)2-3-16-12(13)20/h1,4-5H,2-3,6-7H2,(H,16,20). The highest BCUT2D eigenvalue weighted by molar-refractivity contribution is 9.10. The second kappa shape index (κ2) is 4.61. The number of anilines is 1. The van der Waals surface area contributed by atoms with Crippen molar-refractivity contribution in [3.05, 3.63) is 22.9 Å². The number of amides is 1. The Morgan fingerprint density at radius 1 is 1.48 bits per heavy atom. The molecule has 2 fully saturated rings. The molecule has 4 rings (SSSR count). The number of rotatable bonds is 2. The largest absolute Gasteiger partial charge is 0.368 e. The van der Waals surface area contributed by atoms with Gasteiger partial charge in [-0.3, -0.25) is 4.79 Å². The number of fused-ring (bicyclic) bond motifs is 1. The second-order valence-electron chi connectivity index (χ2n) is 5.54. The molecule has 8 heteroatoms. The number of aromatic nitrogens is 2. The van der Waals surface area contributed by atoms with Crippen LogP contribution in [0.15, 0.2) is 22.9 Å². The molecular formula is C13H12BrFN4OS. The van der Waals surface area contributed by atoms with Crippen LogP contribution in [0.25, 0.3) is 11.0 Å². The van der Waals surface area contributed by atoms with E-state index in [0.29, 0.717) is 18.7 Å². The van der Waals surface area contributed by atoms with Crippen molar-refractivity contribution in [2.45, 2.75) is 6.42 Å². The quantitative estimate of drug-likeness (QED) is 0.882. The Hall–Kier alpha value is -1.28. The first-order valence-electron chi connectivity index (χ1n) is 6.62. The zero-order valence-electron chi connectivity index (χ0n) is 11.0. The van der Waals surface area contributed by atoms with E-state index in [1.54, 1.807) is 12.4 Å². The minimum atomic E-state index is -0.244. The number of pyridine rings is 1. The Bertz CT molecular complexity index is 743. The minimum absolute atomic E-state index is 0.132. The number of hydrogen-bond donors (Lipinski definition) is 1. The molecule has 0 radical (unpaired) electrons. The van der Waals surface area contributed by atoms with Crippen molar-refractivity contribution in [3.8, 4) is 0 Å². The van der Waals surface area contributed by atoms with E-state index in [1.807, 2.05) is 6.07 Å². The lowest BCUT2D eigenvalue weighted by Crippen LogP contribution is -2.60. The van der Waals surface area contributed by atoms with Crippen molar-refractivity contribution in [1.82, 2.24) is 14.3 Å². The van der Waals surface area contributed by atoms with Gasteiger partial charge in [0.1, 0.15) is 0 Å². The molecule has 0 atom stereocenters. The summed E-state index contributed by atoms with van der Waals surface area (Å²) in [4.78, 5) is 18.4. The van der Waals surface area contributed by atoms with E-state index >= 15 is 0 Å². The molecule has 2 aliphatic rings. The monoisotopic (exact) mass is 370 g/mol. The summed E-state index contributed by atoms with van der Waals surface area (Å²) in [5.41, 5.74) is 1.34. The van der Waals surface area contributed by atoms with Gasteiger partial charge >= 0.3 is 0 Å². The fraction of sp³-hybridized carbons (Fsp3) is 0.385. The molecule has 0 aromatic carbocycles. The molecule has 0 aliphatic carbocycles. The van der Waals surface area contributed by atoms with Crippen LogP contribution in [-0.2, 0) is 4.79 Å². The van der Waals surface area contributed by atoms with Gasteiger partial charge < -0.3 is 10.2 Å². The van der Waals surface area contributed by atoms with Gasteiger partial charge in [-0.25, -0.2) is 8.96 Å². The highest BCUT2D eigenvalue weighted by Gasteiger charge is 2.52. The molecule has 110 valence electrons. The smallest absolute Gasteiger partial charge is 0.229 e. The van der Waals surface area contributed by atoms with Crippen LogP contribution in [0.5, 0.6) is 0 Å². The molecule has 0 saturated carbocycles. The van der Waals surface area contributed by atoms with E-state index in [2.05, 4.69) is 31.1 Å². The summed E-state index contributed by atoms with van der Waals surface area (Å²) in [7, 11) is 0. The van der Waals surface area contributed by atoms with Crippen LogP contribution in [-0.4, -0.2) is 34.5 Å². The number of carbonyl (C=O) groups excluding carboxylic acids is 1. The van der Waals surface area contributed by atoms with Crippen LogP contribution in [0.2, 0.25) is 0 Å². The number of nitrogens with zero attached hydrogens (tertiary/aromatic N) is 3. The fourth-order valence-electron chi connectivity index (χ4n) is 3.26. The predicted octanol–water partition coefficient (Wildman–Crippen LogP) is 2.51. The molecule has 1 N–H and O–H groups in total. The summed E-state index contributed by atoms with van der Waals surface area (Å²) < 4.78 is 15.1. The number of halogens is 2. The SMILES string of the molecule is O=C1NCCC12CN(c1c(Br)cnc3c1ccn3SF)C2. The molecule has 4 heterocycles. The van der Waals surface area contributed by atoms with Crippen molar-refractivity contribution >= 4 is 50.9 Å². The predicted molar refractivity (Wildman–Crippen MR) is 83.8 cm³/mol. The molecular weight excluding hydrogens is 359 g/mol. The molecule has 0 bridgehead atoms. The van der Waals surface area contributed by atoms with Crippen LogP contribution in [0.4, 0.5) is 9.57 Å². The summed E-state index contributed by atoms with van der Waals surface area (Å²) >= 11 is 3.65. The van der Waals surface area contributed by atoms with E-state index in [0.717, 1.165) is 28.5 Å². The average molecular weight is 371 g/mol. The summed E-state index contributed by atoms with van der Waals surface area (Å²) in [6, 6.07) is 1.86. The van der Waals surface area contributed by atoms with E-state index in [-0.39, 0.29) is 23.7 Å². The third kappa shape index (κ3) is 1.81.